The summed E-state index contributed by atoms with van der Waals surface area (Å²) in [5.74, 6) is -2.77. The average molecular weight is 756 g/mol. The quantitative estimate of drug-likeness (QED) is 0.132. The maximum Gasteiger partial charge on any atom is 0.315 e. The molecule has 5 fully saturated rings. The highest BCUT2D eigenvalue weighted by Gasteiger charge is 2.85. The number of likely N-dealkylation sites (tertiary alicyclic amines) is 1. The van der Waals surface area contributed by atoms with E-state index in [4.69, 9.17) is 10.5 Å². The third-order valence-electron chi connectivity index (χ3n) is 14.2. The minimum atomic E-state index is -1.09. The van der Waals surface area contributed by atoms with Crippen LogP contribution in [0.2, 0.25) is 0 Å². The number of amides is 6. The van der Waals surface area contributed by atoms with E-state index < -0.39 is 64.7 Å². The molecule has 6 amide bonds. The number of hydrogen-bond donors (Lipinski definition) is 5. The van der Waals surface area contributed by atoms with Gasteiger partial charge in [-0.05, 0) is 68.6 Å². The fourth-order valence-electron chi connectivity index (χ4n) is 9.97. The molecule has 0 aromatic heterocycles. The van der Waals surface area contributed by atoms with Gasteiger partial charge in [0.1, 0.15) is 12.1 Å². The molecule has 6 N–H and O–H groups in total. The van der Waals surface area contributed by atoms with Crippen molar-refractivity contribution in [3.8, 4) is 0 Å². The highest BCUT2D eigenvalue weighted by Crippen LogP contribution is 2.88. The van der Waals surface area contributed by atoms with Gasteiger partial charge in [-0.3, -0.25) is 28.9 Å². The summed E-state index contributed by atoms with van der Waals surface area (Å²) in [5.41, 5.74) is 4.09. The summed E-state index contributed by atoms with van der Waals surface area (Å²) in [4.78, 5) is 84.8. The van der Waals surface area contributed by atoms with Gasteiger partial charge in [-0.25, -0.2) is 4.79 Å². The second-order valence-corrected chi connectivity index (χ2v) is 18.8. The number of hydrogen-bond acceptors (Lipinski definition) is 8. The van der Waals surface area contributed by atoms with Crippen LogP contribution in [0.5, 0.6) is 0 Å². The number of ether oxygens (including phenoxy) is 1. The highest BCUT2D eigenvalue weighted by molar-refractivity contribution is 6.37. The largest absolute Gasteiger partial charge is 0.379 e. The molecular formula is C40H65N7O7. The van der Waals surface area contributed by atoms with Crippen molar-refractivity contribution in [2.75, 3.05) is 39.4 Å². The van der Waals surface area contributed by atoms with Gasteiger partial charge in [0.15, 0.2) is 0 Å². The van der Waals surface area contributed by atoms with Crippen molar-refractivity contribution in [1.82, 2.24) is 31.1 Å². The summed E-state index contributed by atoms with van der Waals surface area (Å²) in [6.07, 6.45) is 6.75. The van der Waals surface area contributed by atoms with E-state index >= 15 is 0 Å². The molecule has 5 atom stereocenters. The molecule has 1 unspecified atom stereocenters. The molecular weight excluding hydrogens is 690 g/mol. The Kier molecular flexibility index (Phi) is 11.7. The van der Waals surface area contributed by atoms with Crippen molar-refractivity contribution in [2.45, 2.75) is 136 Å². The van der Waals surface area contributed by atoms with E-state index in [0.29, 0.717) is 51.3 Å². The molecule has 3 saturated carbocycles. The summed E-state index contributed by atoms with van der Waals surface area (Å²) < 4.78 is 5.45. The number of morpholine rings is 1. The van der Waals surface area contributed by atoms with Crippen molar-refractivity contribution in [1.29, 1.82) is 0 Å². The van der Waals surface area contributed by atoms with Crippen LogP contribution in [-0.4, -0.2) is 114 Å². The molecule has 0 aromatic rings. The van der Waals surface area contributed by atoms with Gasteiger partial charge in [-0.15, -0.1) is 0 Å². The van der Waals surface area contributed by atoms with Crippen molar-refractivity contribution in [3.05, 3.63) is 12.2 Å². The van der Waals surface area contributed by atoms with E-state index in [2.05, 4.69) is 46.6 Å². The van der Waals surface area contributed by atoms with Crippen LogP contribution in [0.3, 0.4) is 0 Å². The Morgan fingerprint density at radius 3 is 2.02 bits per heavy atom. The number of primary amides is 1. The Morgan fingerprint density at radius 1 is 0.907 bits per heavy atom. The van der Waals surface area contributed by atoms with Gasteiger partial charge in [0.2, 0.25) is 23.5 Å². The molecule has 0 bridgehead atoms. The fourth-order valence-corrected chi connectivity index (χ4v) is 9.97. The summed E-state index contributed by atoms with van der Waals surface area (Å²) in [6.45, 7) is 22.4. The van der Waals surface area contributed by atoms with Crippen LogP contribution in [0.1, 0.15) is 107 Å². The van der Waals surface area contributed by atoms with E-state index in [-0.39, 0.29) is 34.6 Å². The Bertz CT molecular complexity index is 1520. The van der Waals surface area contributed by atoms with E-state index in [0.717, 1.165) is 38.5 Å². The maximum absolute atomic E-state index is 14.8. The number of carbonyl (C=O) groups is 6. The first kappa shape index (κ1) is 41.6. The SMILES string of the molecule is C=C(C)[C@@H](CNC(=O)C(C)(C)N1CCOCC1)NC(=O)N[C@H](C(=O)N1C[C@]2(C[C@H]1C(=O)NC(CC1CCC1)C(=O)C(N)=O)C(C)(C)C21CCC1)C(C)(C)C. The molecule has 2 aliphatic heterocycles. The first-order chi connectivity index (χ1) is 25.1. The molecule has 5 aliphatic rings. The van der Waals surface area contributed by atoms with Crippen LogP contribution in [0.4, 0.5) is 4.79 Å². The molecule has 2 heterocycles. The van der Waals surface area contributed by atoms with Crippen LogP contribution in [0.15, 0.2) is 12.2 Å². The van der Waals surface area contributed by atoms with Gasteiger partial charge in [0, 0.05) is 31.6 Å². The van der Waals surface area contributed by atoms with Crippen molar-refractivity contribution >= 4 is 35.4 Å². The van der Waals surface area contributed by atoms with Crippen LogP contribution in [0, 0.1) is 27.6 Å². The Morgan fingerprint density at radius 2 is 1.54 bits per heavy atom. The van der Waals surface area contributed by atoms with Gasteiger partial charge in [0.25, 0.3) is 5.91 Å². The monoisotopic (exact) mass is 755 g/mol. The van der Waals surface area contributed by atoms with E-state index in [1.54, 1.807) is 11.8 Å². The molecule has 2 spiro atoms. The number of nitrogens with zero attached hydrogens (tertiary/aromatic N) is 2. The lowest BCUT2D eigenvalue weighted by molar-refractivity contribution is -0.143. The third-order valence-corrected chi connectivity index (χ3v) is 14.2. The number of Topliss-reactive ketones (excluding diaryl/α,β-unsaturated/α-hetero) is 1. The molecule has 0 radical (unpaired) electrons. The zero-order chi connectivity index (χ0) is 40.0. The zero-order valence-electron chi connectivity index (χ0n) is 33.8. The van der Waals surface area contributed by atoms with Gasteiger partial charge >= 0.3 is 6.03 Å². The molecule has 14 nitrogen and oxygen atoms in total. The number of ketones is 1. The lowest BCUT2D eigenvalue weighted by Crippen LogP contribution is -2.62. The molecule has 5 rings (SSSR count). The van der Waals surface area contributed by atoms with Crippen LogP contribution < -0.4 is 27.0 Å². The first-order valence-electron chi connectivity index (χ1n) is 19.9. The summed E-state index contributed by atoms with van der Waals surface area (Å²) >= 11 is 0. The fraction of sp³-hybridized carbons (Fsp3) is 0.800. The predicted molar refractivity (Wildman–Crippen MR) is 204 cm³/mol. The van der Waals surface area contributed by atoms with Crippen LogP contribution in [0.25, 0.3) is 0 Å². The van der Waals surface area contributed by atoms with Crippen LogP contribution in [-0.2, 0) is 28.7 Å². The van der Waals surface area contributed by atoms with E-state index in [9.17, 15) is 28.8 Å². The second-order valence-electron chi connectivity index (χ2n) is 18.8. The van der Waals surface area contributed by atoms with Crippen LogP contribution >= 0.6 is 0 Å². The number of rotatable bonds is 14. The van der Waals surface area contributed by atoms with Crippen molar-refractivity contribution in [3.63, 3.8) is 0 Å². The second kappa shape index (κ2) is 15.2. The molecule has 302 valence electrons. The molecule has 3 aliphatic carbocycles. The predicted octanol–water partition coefficient (Wildman–Crippen LogP) is 2.40. The normalized spacial score (nSPS) is 26.4. The molecule has 14 heteroatoms. The Balaban J connectivity index is 1.32. The number of nitrogens with two attached hydrogens (primary N) is 1. The molecule has 54 heavy (non-hydrogen) atoms. The lowest BCUT2D eigenvalue weighted by Gasteiger charge is -2.39. The highest BCUT2D eigenvalue weighted by atomic mass is 16.5. The molecule has 0 aromatic carbocycles. The minimum Gasteiger partial charge on any atom is -0.379 e. The van der Waals surface area contributed by atoms with E-state index in [1.165, 1.54) is 0 Å². The van der Waals surface area contributed by atoms with Gasteiger partial charge in [-0.1, -0.05) is 72.5 Å². The molecule has 2 saturated heterocycles. The number of urea groups is 1. The minimum absolute atomic E-state index is 0.0133. The standard InChI is InChI=1S/C40H65N7O7/c1-24(2)27(22-42-34(52)37(6,7)46-16-18-54-19-17-46)44-35(53)45-30(36(3,4)5)33(51)47-23-40(38(8,9)39(40)14-11-15-39)21-28(47)32(50)43-26(29(48)31(41)49)20-25-12-10-13-25/h25-28,30H,1,10-23H2,2-9H3,(H2,41,49)(H,42,52)(H,43,50)(H2,44,45,53)/t26?,27-,28+,30-,40-/m1/s1. The topological polar surface area (TPSA) is 192 Å². The summed E-state index contributed by atoms with van der Waals surface area (Å²) in [5, 5.41) is 11.6. The Labute approximate surface area is 320 Å². The smallest absolute Gasteiger partial charge is 0.315 e. The Hall–Kier alpha value is -3.52. The van der Waals surface area contributed by atoms with Gasteiger partial charge in [0.05, 0.1) is 30.8 Å². The average Bonchev–Trinajstić information content (AvgIpc) is 3.27. The summed E-state index contributed by atoms with van der Waals surface area (Å²) in [7, 11) is 0. The zero-order valence-corrected chi connectivity index (χ0v) is 33.8. The number of nitrogens with one attached hydrogen (secondary N) is 4. The van der Waals surface area contributed by atoms with Crippen molar-refractivity contribution in [2.24, 2.45) is 33.3 Å². The lowest BCUT2D eigenvalue weighted by atomic mass is 9.73. The number of carbonyl (C=O) groups excluding carboxylic acids is 6. The van der Waals surface area contributed by atoms with E-state index in [1.807, 2.05) is 34.6 Å². The van der Waals surface area contributed by atoms with Crippen molar-refractivity contribution < 1.29 is 33.5 Å². The third kappa shape index (κ3) is 7.53. The summed E-state index contributed by atoms with van der Waals surface area (Å²) in [6, 6.07) is -4.22. The first-order valence-corrected chi connectivity index (χ1v) is 19.9. The number of fused-ring (bicyclic) bond motifs is 1. The van der Waals surface area contributed by atoms with Gasteiger partial charge in [-0.2, -0.15) is 0 Å². The van der Waals surface area contributed by atoms with Gasteiger partial charge < -0.3 is 36.6 Å². The maximum atomic E-state index is 14.8.